The van der Waals surface area contributed by atoms with Crippen LogP contribution in [0.5, 0.6) is 0 Å². The number of benzene rings is 1. The third-order valence-electron chi connectivity index (χ3n) is 2.56. The maximum absolute atomic E-state index is 12.6. The maximum Gasteiger partial charge on any atom is 0.236 e. The van der Waals surface area contributed by atoms with Gasteiger partial charge in [-0.25, -0.2) is 4.39 Å². The summed E-state index contributed by atoms with van der Waals surface area (Å²) in [7, 11) is 0. The molecule has 0 saturated heterocycles. The average Bonchev–Trinajstić information content (AvgIpc) is 2.32. The molecule has 0 fully saturated rings. The number of carbonyl (C=O) groups is 1. The van der Waals surface area contributed by atoms with Crippen LogP contribution in [0.1, 0.15) is 25.3 Å². The molecule has 1 aromatic carbocycles. The lowest BCUT2D eigenvalue weighted by Gasteiger charge is -2.10. The van der Waals surface area contributed by atoms with Crippen LogP contribution < -0.4 is 11.1 Å². The Balaban J connectivity index is 2.28. The number of halogens is 1. The van der Waals surface area contributed by atoms with Gasteiger partial charge in [-0.1, -0.05) is 25.5 Å². The van der Waals surface area contributed by atoms with Gasteiger partial charge in [0.05, 0.1) is 6.04 Å². The molecule has 0 bridgehead atoms. The van der Waals surface area contributed by atoms with Crippen molar-refractivity contribution in [1.82, 2.24) is 5.32 Å². The molecule has 0 unspecified atom stereocenters. The van der Waals surface area contributed by atoms with Crippen molar-refractivity contribution in [3.05, 3.63) is 35.6 Å². The topological polar surface area (TPSA) is 55.1 Å². The molecular weight excluding hydrogens is 219 g/mol. The monoisotopic (exact) mass is 238 g/mol. The number of amides is 1. The second-order valence-corrected chi connectivity index (χ2v) is 4.06. The summed E-state index contributed by atoms with van der Waals surface area (Å²) >= 11 is 0. The summed E-state index contributed by atoms with van der Waals surface area (Å²) < 4.78 is 12.6. The zero-order chi connectivity index (χ0) is 12.7. The van der Waals surface area contributed by atoms with E-state index in [0.29, 0.717) is 19.4 Å². The van der Waals surface area contributed by atoms with Crippen molar-refractivity contribution in [3.8, 4) is 0 Å². The van der Waals surface area contributed by atoms with Crippen LogP contribution >= 0.6 is 0 Å². The molecule has 1 atom stereocenters. The molecule has 0 heterocycles. The predicted molar refractivity (Wildman–Crippen MR) is 66.0 cm³/mol. The minimum atomic E-state index is -0.423. The van der Waals surface area contributed by atoms with Crippen molar-refractivity contribution in [2.24, 2.45) is 5.73 Å². The van der Waals surface area contributed by atoms with E-state index in [0.717, 1.165) is 12.0 Å². The Morgan fingerprint density at radius 1 is 1.41 bits per heavy atom. The lowest BCUT2D eigenvalue weighted by Crippen LogP contribution is -2.41. The Kier molecular flexibility index (Phi) is 5.63. The molecule has 1 amide bonds. The number of rotatable bonds is 6. The van der Waals surface area contributed by atoms with Crippen molar-refractivity contribution >= 4 is 5.91 Å². The SMILES string of the molecule is CCC[C@H](N)C(=O)NCCc1ccc(F)cc1. The van der Waals surface area contributed by atoms with Gasteiger partial charge in [0.15, 0.2) is 0 Å². The Morgan fingerprint density at radius 2 is 2.06 bits per heavy atom. The second kappa shape index (κ2) is 7.01. The van der Waals surface area contributed by atoms with Gasteiger partial charge in [0.1, 0.15) is 5.82 Å². The van der Waals surface area contributed by atoms with Crippen LogP contribution in [0.2, 0.25) is 0 Å². The largest absolute Gasteiger partial charge is 0.354 e. The van der Waals surface area contributed by atoms with Gasteiger partial charge in [-0.2, -0.15) is 0 Å². The second-order valence-electron chi connectivity index (χ2n) is 4.06. The summed E-state index contributed by atoms with van der Waals surface area (Å²) in [6.07, 6.45) is 2.28. The van der Waals surface area contributed by atoms with Gasteiger partial charge in [-0.05, 0) is 30.5 Å². The number of hydrogen-bond donors (Lipinski definition) is 2. The van der Waals surface area contributed by atoms with E-state index in [4.69, 9.17) is 5.73 Å². The first-order valence-corrected chi connectivity index (χ1v) is 5.91. The fraction of sp³-hybridized carbons (Fsp3) is 0.462. The number of carbonyl (C=O) groups excluding carboxylic acids is 1. The van der Waals surface area contributed by atoms with E-state index in [1.807, 2.05) is 6.92 Å². The van der Waals surface area contributed by atoms with Gasteiger partial charge >= 0.3 is 0 Å². The smallest absolute Gasteiger partial charge is 0.236 e. The van der Waals surface area contributed by atoms with Crippen LogP contribution in [0.4, 0.5) is 4.39 Å². The van der Waals surface area contributed by atoms with E-state index in [9.17, 15) is 9.18 Å². The molecule has 3 N–H and O–H groups in total. The van der Waals surface area contributed by atoms with E-state index in [2.05, 4.69) is 5.32 Å². The lowest BCUT2D eigenvalue weighted by molar-refractivity contribution is -0.122. The molecule has 3 nitrogen and oxygen atoms in total. The van der Waals surface area contributed by atoms with Gasteiger partial charge in [0.2, 0.25) is 5.91 Å². The third kappa shape index (κ3) is 4.95. The Hall–Kier alpha value is -1.42. The minimum absolute atomic E-state index is 0.117. The molecule has 1 aromatic rings. The van der Waals surface area contributed by atoms with Crippen molar-refractivity contribution in [3.63, 3.8) is 0 Å². The Labute approximate surface area is 101 Å². The van der Waals surface area contributed by atoms with E-state index in [-0.39, 0.29) is 11.7 Å². The summed E-state index contributed by atoms with van der Waals surface area (Å²) in [5.41, 5.74) is 6.66. The quantitative estimate of drug-likeness (QED) is 0.791. The summed E-state index contributed by atoms with van der Waals surface area (Å²) in [5.74, 6) is -0.364. The summed E-state index contributed by atoms with van der Waals surface area (Å²) in [5, 5.41) is 2.77. The molecule has 4 heteroatoms. The fourth-order valence-corrected chi connectivity index (χ4v) is 1.55. The van der Waals surface area contributed by atoms with Crippen molar-refractivity contribution in [1.29, 1.82) is 0 Å². The molecule has 0 spiro atoms. The van der Waals surface area contributed by atoms with Crippen LogP contribution in [-0.2, 0) is 11.2 Å². The molecule has 0 aliphatic rings. The van der Waals surface area contributed by atoms with E-state index < -0.39 is 6.04 Å². The highest BCUT2D eigenvalue weighted by atomic mass is 19.1. The molecule has 17 heavy (non-hydrogen) atoms. The van der Waals surface area contributed by atoms with E-state index in [1.54, 1.807) is 12.1 Å². The van der Waals surface area contributed by atoms with E-state index in [1.165, 1.54) is 12.1 Å². The number of hydrogen-bond acceptors (Lipinski definition) is 2. The van der Waals surface area contributed by atoms with Crippen LogP contribution in [0, 0.1) is 5.82 Å². The molecule has 0 radical (unpaired) electrons. The zero-order valence-electron chi connectivity index (χ0n) is 10.1. The van der Waals surface area contributed by atoms with Crippen LogP contribution in [-0.4, -0.2) is 18.5 Å². The first-order chi connectivity index (χ1) is 8.13. The maximum atomic E-state index is 12.6. The highest BCUT2D eigenvalue weighted by molar-refractivity contribution is 5.81. The molecule has 94 valence electrons. The van der Waals surface area contributed by atoms with Crippen LogP contribution in [0.15, 0.2) is 24.3 Å². The standard InChI is InChI=1S/C13H19FN2O/c1-2-3-12(15)13(17)16-9-8-10-4-6-11(14)7-5-10/h4-7,12H,2-3,8-9,15H2,1H3,(H,16,17)/t12-/m0/s1. The summed E-state index contributed by atoms with van der Waals surface area (Å²) in [4.78, 5) is 11.5. The summed E-state index contributed by atoms with van der Waals surface area (Å²) in [6, 6.07) is 5.84. The van der Waals surface area contributed by atoms with Crippen molar-refractivity contribution < 1.29 is 9.18 Å². The Bertz CT molecular complexity index is 351. The van der Waals surface area contributed by atoms with Gasteiger partial charge in [0.25, 0.3) is 0 Å². The van der Waals surface area contributed by atoms with E-state index >= 15 is 0 Å². The molecule has 1 rings (SSSR count). The molecule has 0 aliphatic carbocycles. The first-order valence-electron chi connectivity index (χ1n) is 5.91. The highest BCUT2D eigenvalue weighted by Crippen LogP contribution is 2.02. The number of nitrogens with two attached hydrogens (primary N) is 1. The van der Waals surface area contributed by atoms with Crippen LogP contribution in [0.3, 0.4) is 0 Å². The van der Waals surface area contributed by atoms with Gasteiger partial charge < -0.3 is 11.1 Å². The van der Waals surface area contributed by atoms with Gasteiger partial charge in [-0.15, -0.1) is 0 Å². The highest BCUT2D eigenvalue weighted by Gasteiger charge is 2.10. The fourth-order valence-electron chi connectivity index (χ4n) is 1.55. The molecular formula is C13H19FN2O. The normalized spacial score (nSPS) is 12.2. The number of nitrogens with one attached hydrogen (secondary N) is 1. The first kappa shape index (κ1) is 13.6. The van der Waals surface area contributed by atoms with Gasteiger partial charge in [0, 0.05) is 6.54 Å². The zero-order valence-corrected chi connectivity index (χ0v) is 10.1. The molecule has 0 saturated carbocycles. The van der Waals surface area contributed by atoms with Crippen molar-refractivity contribution in [2.45, 2.75) is 32.2 Å². The average molecular weight is 238 g/mol. The third-order valence-corrected chi connectivity index (χ3v) is 2.56. The Morgan fingerprint density at radius 3 is 2.65 bits per heavy atom. The molecule has 0 aromatic heterocycles. The van der Waals surface area contributed by atoms with Crippen molar-refractivity contribution in [2.75, 3.05) is 6.54 Å². The van der Waals surface area contributed by atoms with Crippen LogP contribution in [0.25, 0.3) is 0 Å². The summed E-state index contributed by atoms with van der Waals surface area (Å²) in [6.45, 7) is 2.52. The van der Waals surface area contributed by atoms with Gasteiger partial charge in [-0.3, -0.25) is 4.79 Å². The lowest BCUT2D eigenvalue weighted by atomic mass is 10.1. The molecule has 0 aliphatic heterocycles. The minimum Gasteiger partial charge on any atom is -0.354 e. The predicted octanol–water partition coefficient (Wildman–Crippen LogP) is 1.61.